The zero-order chi connectivity index (χ0) is 14.9. The van der Waals surface area contributed by atoms with Crippen LogP contribution in [0.25, 0.3) is 0 Å². The first-order valence-electron chi connectivity index (χ1n) is 5.63. The van der Waals surface area contributed by atoms with E-state index in [4.69, 9.17) is 5.73 Å². The highest BCUT2D eigenvalue weighted by molar-refractivity contribution is 9.11. The zero-order valence-electron chi connectivity index (χ0n) is 10.5. The maximum absolute atomic E-state index is 12.4. The molecular weight excluding hydrogens is 408 g/mol. The van der Waals surface area contributed by atoms with Crippen LogP contribution in [0.2, 0.25) is 0 Å². The lowest BCUT2D eigenvalue weighted by atomic mass is 10.2. The molecule has 106 valence electrons. The third kappa shape index (κ3) is 3.34. The summed E-state index contributed by atoms with van der Waals surface area (Å²) in [6, 6.07) is 10.3. The summed E-state index contributed by atoms with van der Waals surface area (Å²) in [5.74, 6) is 0. The van der Waals surface area contributed by atoms with Crippen LogP contribution < -0.4 is 10.5 Å². The fourth-order valence-corrected chi connectivity index (χ4v) is 4.82. The molecule has 0 aliphatic carbocycles. The fraction of sp³-hybridized carbons (Fsp3) is 0.0769. The molecule has 2 aromatic rings. The normalized spacial score (nSPS) is 11.3. The van der Waals surface area contributed by atoms with Gasteiger partial charge < -0.3 is 5.73 Å². The SMILES string of the molecule is Cc1ccc(NS(=O)(=O)c2c(N)cc(Br)cc2Br)cc1. The van der Waals surface area contributed by atoms with Gasteiger partial charge in [0, 0.05) is 14.6 Å². The molecule has 4 nitrogen and oxygen atoms in total. The van der Waals surface area contributed by atoms with Gasteiger partial charge >= 0.3 is 0 Å². The number of hydrogen-bond acceptors (Lipinski definition) is 3. The Bertz CT molecular complexity index is 720. The first-order chi connectivity index (χ1) is 9.29. The Morgan fingerprint density at radius 1 is 1.10 bits per heavy atom. The van der Waals surface area contributed by atoms with Gasteiger partial charge in [-0.15, -0.1) is 0 Å². The van der Waals surface area contributed by atoms with Crippen LogP contribution in [-0.2, 0) is 10.0 Å². The molecule has 0 aliphatic rings. The molecule has 2 rings (SSSR count). The van der Waals surface area contributed by atoms with E-state index in [2.05, 4.69) is 36.6 Å². The second kappa shape index (κ2) is 5.75. The Balaban J connectivity index is 2.43. The van der Waals surface area contributed by atoms with E-state index in [0.717, 1.165) is 5.56 Å². The Morgan fingerprint density at radius 2 is 1.70 bits per heavy atom. The van der Waals surface area contributed by atoms with Crippen molar-refractivity contribution in [3.63, 3.8) is 0 Å². The van der Waals surface area contributed by atoms with Gasteiger partial charge in [-0.2, -0.15) is 0 Å². The monoisotopic (exact) mass is 418 g/mol. The Labute approximate surface area is 134 Å². The minimum atomic E-state index is -3.75. The average Bonchev–Trinajstić information content (AvgIpc) is 2.30. The van der Waals surface area contributed by atoms with Crippen molar-refractivity contribution < 1.29 is 8.42 Å². The largest absolute Gasteiger partial charge is 0.398 e. The average molecular weight is 420 g/mol. The summed E-state index contributed by atoms with van der Waals surface area (Å²) in [6.07, 6.45) is 0. The predicted molar refractivity (Wildman–Crippen MR) is 88.2 cm³/mol. The van der Waals surface area contributed by atoms with Crippen LogP contribution in [0.4, 0.5) is 11.4 Å². The molecular formula is C13H12Br2N2O2S. The molecule has 0 saturated carbocycles. The first kappa shape index (κ1) is 15.3. The summed E-state index contributed by atoms with van der Waals surface area (Å²) in [5, 5.41) is 0. The van der Waals surface area contributed by atoms with Crippen LogP contribution in [0, 0.1) is 6.92 Å². The number of rotatable bonds is 3. The van der Waals surface area contributed by atoms with E-state index in [1.807, 2.05) is 19.1 Å². The molecule has 0 amide bonds. The number of halogens is 2. The van der Waals surface area contributed by atoms with E-state index in [0.29, 0.717) is 14.6 Å². The standard InChI is InChI=1S/C13H12Br2N2O2S/c1-8-2-4-10(5-3-8)17-20(18,19)13-11(15)6-9(14)7-12(13)16/h2-7,17H,16H2,1H3. The maximum Gasteiger partial charge on any atom is 0.265 e. The van der Waals surface area contributed by atoms with Crippen molar-refractivity contribution in [1.82, 2.24) is 0 Å². The van der Waals surface area contributed by atoms with Crippen LogP contribution in [-0.4, -0.2) is 8.42 Å². The zero-order valence-corrected chi connectivity index (χ0v) is 14.5. The van der Waals surface area contributed by atoms with Gasteiger partial charge in [0.25, 0.3) is 10.0 Å². The molecule has 0 fully saturated rings. The fourth-order valence-electron chi connectivity index (χ4n) is 1.69. The van der Waals surface area contributed by atoms with Crippen molar-refractivity contribution in [2.24, 2.45) is 0 Å². The maximum atomic E-state index is 12.4. The molecule has 0 bridgehead atoms. The minimum absolute atomic E-state index is 0.0290. The van der Waals surface area contributed by atoms with Gasteiger partial charge in [-0.25, -0.2) is 8.42 Å². The van der Waals surface area contributed by atoms with E-state index in [9.17, 15) is 8.42 Å². The van der Waals surface area contributed by atoms with Crippen molar-refractivity contribution >= 4 is 53.3 Å². The van der Waals surface area contributed by atoms with E-state index >= 15 is 0 Å². The second-order valence-electron chi connectivity index (χ2n) is 4.28. The molecule has 7 heteroatoms. The molecule has 20 heavy (non-hydrogen) atoms. The molecule has 3 N–H and O–H groups in total. The van der Waals surface area contributed by atoms with Gasteiger partial charge in [0.1, 0.15) is 4.90 Å². The van der Waals surface area contributed by atoms with Gasteiger partial charge in [-0.05, 0) is 47.1 Å². The number of nitrogens with one attached hydrogen (secondary N) is 1. The summed E-state index contributed by atoms with van der Waals surface area (Å²) in [4.78, 5) is 0.0290. The van der Waals surface area contributed by atoms with E-state index in [-0.39, 0.29) is 10.6 Å². The highest BCUT2D eigenvalue weighted by Gasteiger charge is 2.21. The third-order valence-electron chi connectivity index (χ3n) is 2.61. The highest BCUT2D eigenvalue weighted by atomic mass is 79.9. The summed E-state index contributed by atoms with van der Waals surface area (Å²) in [6.45, 7) is 1.93. The van der Waals surface area contributed by atoms with E-state index in [1.165, 1.54) is 0 Å². The highest BCUT2D eigenvalue weighted by Crippen LogP contribution is 2.32. The molecule has 0 saturated heterocycles. The third-order valence-corrected chi connectivity index (χ3v) is 5.45. The van der Waals surface area contributed by atoms with Gasteiger partial charge in [0.2, 0.25) is 0 Å². The van der Waals surface area contributed by atoms with Crippen LogP contribution in [0.3, 0.4) is 0 Å². The summed E-state index contributed by atoms with van der Waals surface area (Å²) >= 11 is 6.49. The van der Waals surface area contributed by atoms with Crippen LogP contribution in [0.1, 0.15) is 5.56 Å². The summed E-state index contributed by atoms with van der Waals surface area (Å²) in [7, 11) is -3.75. The number of sulfonamides is 1. The van der Waals surface area contributed by atoms with E-state index in [1.54, 1.807) is 24.3 Å². The minimum Gasteiger partial charge on any atom is -0.398 e. The van der Waals surface area contributed by atoms with Gasteiger partial charge in [0.15, 0.2) is 0 Å². The van der Waals surface area contributed by atoms with E-state index < -0.39 is 10.0 Å². The summed E-state index contributed by atoms with van der Waals surface area (Å²) in [5.41, 5.74) is 7.52. The number of anilines is 2. The van der Waals surface area contributed by atoms with Crippen LogP contribution in [0.15, 0.2) is 50.2 Å². The quantitative estimate of drug-likeness (QED) is 0.741. The molecule has 0 atom stereocenters. The van der Waals surface area contributed by atoms with Crippen molar-refractivity contribution in [1.29, 1.82) is 0 Å². The lowest BCUT2D eigenvalue weighted by molar-refractivity contribution is 0.601. The van der Waals surface area contributed by atoms with Crippen LogP contribution in [0.5, 0.6) is 0 Å². The Kier molecular flexibility index (Phi) is 4.41. The molecule has 0 unspecified atom stereocenters. The molecule has 0 spiro atoms. The lowest BCUT2D eigenvalue weighted by Gasteiger charge is -2.12. The topological polar surface area (TPSA) is 72.2 Å². The molecule has 0 aliphatic heterocycles. The molecule has 0 aromatic heterocycles. The second-order valence-corrected chi connectivity index (χ2v) is 7.67. The number of benzene rings is 2. The predicted octanol–water partition coefficient (Wildman–Crippen LogP) is 3.90. The number of aryl methyl sites for hydroxylation is 1. The Hall–Kier alpha value is -1.05. The van der Waals surface area contributed by atoms with Crippen molar-refractivity contribution in [2.75, 3.05) is 10.5 Å². The first-order valence-corrected chi connectivity index (χ1v) is 8.70. The van der Waals surface area contributed by atoms with Crippen molar-refractivity contribution in [3.05, 3.63) is 50.9 Å². The number of nitrogens with two attached hydrogens (primary N) is 1. The molecule has 0 radical (unpaired) electrons. The lowest BCUT2D eigenvalue weighted by Crippen LogP contribution is -2.15. The van der Waals surface area contributed by atoms with Crippen molar-refractivity contribution in [3.8, 4) is 0 Å². The van der Waals surface area contributed by atoms with Crippen molar-refractivity contribution in [2.45, 2.75) is 11.8 Å². The van der Waals surface area contributed by atoms with Crippen LogP contribution >= 0.6 is 31.9 Å². The van der Waals surface area contributed by atoms with Gasteiger partial charge in [-0.3, -0.25) is 4.72 Å². The smallest absolute Gasteiger partial charge is 0.265 e. The summed E-state index contributed by atoms with van der Waals surface area (Å²) < 4.78 is 28.4. The number of hydrogen-bond donors (Lipinski definition) is 2. The molecule has 0 heterocycles. The molecule has 2 aromatic carbocycles. The van der Waals surface area contributed by atoms with Gasteiger partial charge in [-0.1, -0.05) is 33.6 Å². The Morgan fingerprint density at radius 3 is 2.25 bits per heavy atom. The number of nitrogen functional groups attached to an aromatic ring is 1. The van der Waals surface area contributed by atoms with Gasteiger partial charge in [0.05, 0.1) is 5.69 Å².